The van der Waals surface area contributed by atoms with E-state index in [1.807, 2.05) is 0 Å². The molecule has 0 aromatic heterocycles. The molecular weight excluding hydrogens is 338 g/mol. The van der Waals surface area contributed by atoms with Crippen LogP contribution in [0, 0.1) is 5.92 Å². The average molecular weight is 362 g/mol. The molecule has 2 nitrogen and oxygen atoms in total. The molecule has 2 aromatic carbocycles. The predicted molar refractivity (Wildman–Crippen MR) is 96.2 cm³/mol. The van der Waals surface area contributed by atoms with Gasteiger partial charge in [-0.3, -0.25) is 0 Å². The van der Waals surface area contributed by atoms with Gasteiger partial charge in [0.05, 0.1) is 6.61 Å². The number of hydrogen-bond donors (Lipinski definition) is 1. The molecule has 1 unspecified atom stereocenters. The molecule has 0 saturated carbocycles. The van der Waals surface area contributed by atoms with Gasteiger partial charge in [0.1, 0.15) is 0 Å². The first-order chi connectivity index (χ1) is 10.8. The Hall–Kier alpha value is -1.16. The first-order valence-corrected chi connectivity index (χ1v) is 8.55. The minimum Gasteiger partial charge on any atom is -0.383 e. The van der Waals surface area contributed by atoms with Crippen molar-refractivity contribution < 1.29 is 4.74 Å². The molecule has 0 aliphatic rings. The van der Waals surface area contributed by atoms with Gasteiger partial charge in [-0.2, -0.15) is 0 Å². The average Bonchev–Trinajstić information content (AvgIpc) is 2.52. The third-order valence-electron chi connectivity index (χ3n) is 3.70. The van der Waals surface area contributed by atoms with Gasteiger partial charge in [0, 0.05) is 18.1 Å². The van der Waals surface area contributed by atoms with E-state index in [0.717, 1.165) is 37.0 Å². The smallest absolute Gasteiger partial charge is 0.0587 e. The topological polar surface area (TPSA) is 21.3 Å². The summed E-state index contributed by atoms with van der Waals surface area (Å²) in [6.07, 6.45) is 2.17. The fourth-order valence-corrected chi connectivity index (χ4v) is 3.09. The minimum atomic E-state index is 0.577. The second kappa shape index (κ2) is 9.78. The molecule has 118 valence electrons. The summed E-state index contributed by atoms with van der Waals surface area (Å²) in [5.41, 5.74) is 2.78. The maximum absolute atomic E-state index is 5.11. The van der Waals surface area contributed by atoms with Crippen molar-refractivity contribution in [3.8, 4) is 0 Å². The Balaban J connectivity index is 1.97. The molecule has 0 saturated heterocycles. The fourth-order valence-electron chi connectivity index (χ4n) is 2.64. The van der Waals surface area contributed by atoms with Crippen LogP contribution in [-0.4, -0.2) is 26.8 Å². The number of methoxy groups -OCH3 is 1. The van der Waals surface area contributed by atoms with Crippen molar-refractivity contribution in [2.45, 2.75) is 12.8 Å². The van der Waals surface area contributed by atoms with E-state index in [4.69, 9.17) is 4.74 Å². The van der Waals surface area contributed by atoms with Crippen LogP contribution in [0.25, 0.3) is 0 Å². The van der Waals surface area contributed by atoms with Crippen molar-refractivity contribution in [1.29, 1.82) is 0 Å². The zero-order valence-electron chi connectivity index (χ0n) is 13.1. The molecule has 0 bridgehead atoms. The van der Waals surface area contributed by atoms with E-state index in [2.05, 4.69) is 75.8 Å². The van der Waals surface area contributed by atoms with E-state index in [-0.39, 0.29) is 0 Å². The lowest BCUT2D eigenvalue weighted by atomic mass is 9.92. The van der Waals surface area contributed by atoms with Gasteiger partial charge in [0.25, 0.3) is 0 Å². The van der Waals surface area contributed by atoms with E-state index in [1.165, 1.54) is 11.1 Å². The normalized spacial score (nSPS) is 12.3. The lowest BCUT2D eigenvalue weighted by molar-refractivity contribution is 0.197. The zero-order valence-corrected chi connectivity index (χ0v) is 14.7. The third-order valence-corrected chi connectivity index (χ3v) is 4.19. The number of rotatable bonds is 9. The molecule has 0 fully saturated rings. The van der Waals surface area contributed by atoms with Crippen molar-refractivity contribution in [2.75, 3.05) is 26.8 Å². The van der Waals surface area contributed by atoms with Crippen molar-refractivity contribution in [2.24, 2.45) is 5.92 Å². The maximum Gasteiger partial charge on any atom is 0.0587 e. The molecule has 0 amide bonds. The molecule has 0 spiro atoms. The molecule has 0 heterocycles. The Kier molecular flexibility index (Phi) is 7.64. The van der Waals surface area contributed by atoms with Crippen LogP contribution >= 0.6 is 15.9 Å². The van der Waals surface area contributed by atoms with Crippen molar-refractivity contribution in [3.63, 3.8) is 0 Å². The van der Waals surface area contributed by atoms with Crippen LogP contribution in [0.1, 0.15) is 11.1 Å². The summed E-state index contributed by atoms with van der Waals surface area (Å²) in [5, 5.41) is 3.50. The van der Waals surface area contributed by atoms with Gasteiger partial charge in [-0.1, -0.05) is 58.4 Å². The second-order valence-corrected chi connectivity index (χ2v) is 6.50. The van der Waals surface area contributed by atoms with Gasteiger partial charge < -0.3 is 10.1 Å². The molecule has 3 heteroatoms. The van der Waals surface area contributed by atoms with E-state index < -0.39 is 0 Å². The lowest BCUT2D eigenvalue weighted by Crippen LogP contribution is -2.28. The molecule has 2 rings (SSSR count). The number of nitrogens with one attached hydrogen (secondary N) is 1. The van der Waals surface area contributed by atoms with E-state index in [0.29, 0.717) is 5.92 Å². The summed E-state index contributed by atoms with van der Waals surface area (Å²) in [6.45, 7) is 2.67. The maximum atomic E-state index is 5.11. The Labute approximate surface area is 142 Å². The van der Waals surface area contributed by atoms with Crippen molar-refractivity contribution >= 4 is 15.9 Å². The number of hydrogen-bond acceptors (Lipinski definition) is 2. The van der Waals surface area contributed by atoms with E-state index in [9.17, 15) is 0 Å². The van der Waals surface area contributed by atoms with E-state index in [1.54, 1.807) is 7.11 Å². The highest BCUT2D eigenvalue weighted by molar-refractivity contribution is 9.10. The Morgan fingerprint density at radius 1 is 1.00 bits per heavy atom. The van der Waals surface area contributed by atoms with Gasteiger partial charge in [-0.15, -0.1) is 0 Å². The standard InChI is InChI=1S/C19H24BrNO/c1-22-11-10-21-15-18(12-16-6-3-2-4-7-16)13-17-8-5-9-19(20)14-17/h2-9,14,18,21H,10-13,15H2,1H3. The summed E-state index contributed by atoms with van der Waals surface area (Å²) >= 11 is 3.56. The number of benzene rings is 2. The van der Waals surface area contributed by atoms with Crippen molar-refractivity contribution in [1.82, 2.24) is 5.32 Å². The molecule has 2 aromatic rings. The molecule has 0 radical (unpaired) electrons. The summed E-state index contributed by atoms with van der Waals surface area (Å²) in [5.74, 6) is 0.577. The van der Waals surface area contributed by atoms with Crippen LogP contribution in [-0.2, 0) is 17.6 Å². The van der Waals surface area contributed by atoms with Gasteiger partial charge in [0.2, 0.25) is 0 Å². The SMILES string of the molecule is COCCNCC(Cc1ccccc1)Cc1cccc(Br)c1. The van der Waals surface area contributed by atoms with E-state index >= 15 is 0 Å². The summed E-state index contributed by atoms with van der Waals surface area (Å²) in [4.78, 5) is 0. The van der Waals surface area contributed by atoms with Crippen LogP contribution in [0.3, 0.4) is 0 Å². The van der Waals surface area contributed by atoms with Crippen LogP contribution in [0.2, 0.25) is 0 Å². The molecule has 0 aliphatic heterocycles. The second-order valence-electron chi connectivity index (χ2n) is 5.59. The quantitative estimate of drug-likeness (QED) is 0.679. The van der Waals surface area contributed by atoms with Gasteiger partial charge in [-0.25, -0.2) is 0 Å². The van der Waals surface area contributed by atoms with Crippen LogP contribution in [0.4, 0.5) is 0 Å². The summed E-state index contributed by atoms with van der Waals surface area (Å²) in [7, 11) is 1.74. The highest BCUT2D eigenvalue weighted by Crippen LogP contribution is 2.18. The number of halogens is 1. The molecule has 0 aliphatic carbocycles. The van der Waals surface area contributed by atoms with Crippen LogP contribution in [0.5, 0.6) is 0 Å². The van der Waals surface area contributed by atoms with Crippen molar-refractivity contribution in [3.05, 3.63) is 70.2 Å². The Morgan fingerprint density at radius 3 is 2.45 bits per heavy atom. The van der Waals surface area contributed by atoms with Crippen LogP contribution in [0.15, 0.2) is 59.1 Å². The monoisotopic (exact) mass is 361 g/mol. The molecule has 1 N–H and O–H groups in total. The molecule has 22 heavy (non-hydrogen) atoms. The first-order valence-electron chi connectivity index (χ1n) is 7.76. The number of ether oxygens (including phenoxy) is 1. The minimum absolute atomic E-state index is 0.577. The summed E-state index contributed by atoms with van der Waals surface area (Å²) in [6, 6.07) is 19.3. The highest BCUT2D eigenvalue weighted by Gasteiger charge is 2.11. The Morgan fingerprint density at radius 2 is 1.73 bits per heavy atom. The van der Waals surface area contributed by atoms with Crippen LogP contribution < -0.4 is 5.32 Å². The third kappa shape index (κ3) is 6.30. The highest BCUT2D eigenvalue weighted by atomic mass is 79.9. The fraction of sp³-hybridized carbons (Fsp3) is 0.368. The summed E-state index contributed by atoms with van der Waals surface area (Å²) < 4.78 is 6.26. The lowest BCUT2D eigenvalue weighted by Gasteiger charge is -2.18. The molecular formula is C19H24BrNO. The largest absolute Gasteiger partial charge is 0.383 e. The first kappa shape index (κ1) is 17.2. The Bertz CT molecular complexity index is 544. The van der Waals surface area contributed by atoms with Gasteiger partial charge in [-0.05, 0) is 48.6 Å². The zero-order chi connectivity index (χ0) is 15.6. The predicted octanol–water partition coefficient (Wildman–Crippen LogP) is 4.09. The van der Waals surface area contributed by atoms with Gasteiger partial charge in [0.15, 0.2) is 0 Å². The molecule has 1 atom stereocenters. The van der Waals surface area contributed by atoms with Gasteiger partial charge >= 0.3 is 0 Å².